The number of benzene rings is 1. The van der Waals surface area contributed by atoms with E-state index in [1.807, 2.05) is 26.8 Å². The number of H-pyrrole nitrogens is 1. The van der Waals surface area contributed by atoms with Crippen molar-refractivity contribution >= 4 is 28.6 Å². The third kappa shape index (κ3) is 2.96. The Labute approximate surface area is 142 Å². The van der Waals surface area contributed by atoms with Gasteiger partial charge in [0.2, 0.25) is 0 Å². The van der Waals surface area contributed by atoms with Gasteiger partial charge in [0, 0.05) is 35.6 Å². The highest BCUT2D eigenvalue weighted by Crippen LogP contribution is 2.24. The van der Waals surface area contributed by atoms with Gasteiger partial charge >= 0.3 is 0 Å². The molecular weight excluding hydrogens is 332 g/mol. The predicted octanol–water partition coefficient (Wildman–Crippen LogP) is 4.25. The van der Waals surface area contributed by atoms with Gasteiger partial charge in [0.25, 0.3) is 0 Å². The molecule has 0 radical (unpaired) electrons. The van der Waals surface area contributed by atoms with Crippen LogP contribution in [0.3, 0.4) is 0 Å². The maximum atomic E-state index is 13.2. The summed E-state index contributed by atoms with van der Waals surface area (Å²) in [4.78, 5) is 19.5. The topological polar surface area (TPSA) is 50.7 Å². The summed E-state index contributed by atoms with van der Waals surface area (Å²) in [6, 6.07) is 4.01. The molecule has 0 aliphatic rings. The Morgan fingerprint density at radius 1 is 1.25 bits per heavy atom. The van der Waals surface area contributed by atoms with Crippen molar-refractivity contribution in [2.45, 2.75) is 32.5 Å². The molecule has 0 amide bonds. The molecule has 1 aromatic carbocycles. The van der Waals surface area contributed by atoms with Gasteiger partial charge in [-0.25, -0.2) is 13.8 Å². The highest BCUT2D eigenvalue weighted by molar-refractivity contribution is 7.99. The monoisotopic (exact) mass is 349 g/mol. The summed E-state index contributed by atoms with van der Waals surface area (Å²) >= 11 is 1.22. The third-order valence-electron chi connectivity index (χ3n) is 4.03. The van der Waals surface area contributed by atoms with E-state index in [9.17, 15) is 13.6 Å². The molecular formula is C17H17F2N3OS. The minimum absolute atomic E-state index is 0.00520. The van der Waals surface area contributed by atoms with Crippen LogP contribution in [-0.2, 0) is 6.54 Å². The summed E-state index contributed by atoms with van der Waals surface area (Å²) in [6.07, 6.45) is 0. The lowest BCUT2D eigenvalue weighted by molar-refractivity contribution is 0.102. The number of nitrogens with zero attached hydrogens (tertiary/aromatic N) is 2. The second-order valence-electron chi connectivity index (χ2n) is 5.57. The summed E-state index contributed by atoms with van der Waals surface area (Å²) in [6.45, 7) is 6.76. The number of Topliss-reactive ketones (excluding diaryl/α,β-unsaturated/α-hetero) is 1. The average molecular weight is 349 g/mol. The van der Waals surface area contributed by atoms with Crippen molar-refractivity contribution in [3.63, 3.8) is 0 Å². The summed E-state index contributed by atoms with van der Waals surface area (Å²) < 4.78 is 28.5. The van der Waals surface area contributed by atoms with Crippen LogP contribution in [0.1, 0.15) is 28.7 Å². The van der Waals surface area contributed by atoms with Crippen molar-refractivity contribution in [2.24, 2.45) is 0 Å². The molecule has 0 spiro atoms. The minimum Gasteiger partial charge on any atom is -0.349 e. The number of hydrogen-bond donors (Lipinski definition) is 1. The van der Waals surface area contributed by atoms with Crippen LogP contribution in [0, 0.1) is 25.5 Å². The van der Waals surface area contributed by atoms with Crippen LogP contribution < -0.4 is 0 Å². The number of aromatic amines is 1. The molecule has 0 saturated heterocycles. The molecule has 24 heavy (non-hydrogen) atoms. The van der Waals surface area contributed by atoms with Crippen molar-refractivity contribution in [1.29, 1.82) is 0 Å². The summed E-state index contributed by atoms with van der Waals surface area (Å²) in [5, 5.41) is 0.465. The molecule has 0 aliphatic carbocycles. The van der Waals surface area contributed by atoms with Gasteiger partial charge < -0.3 is 9.55 Å². The quantitative estimate of drug-likeness (QED) is 0.553. The summed E-state index contributed by atoms with van der Waals surface area (Å²) in [7, 11) is 0. The number of carbonyl (C=O) groups is 1. The van der Waals surface area contributed by atoms with Gasteiger partial charge in [-0.2, -0.15) is 0 Å². The van der Waals surface area contributed by atoms with E-state index in [2.05, 4.69) is 14.5 Å². The van der Waals surface area contributed by atoms with Gasteiger partial charge in [-0.15, -0.1) is 0 Å². The summed E-state index contributed by atoms with van der Waals surface area (Å²) in [5.74, 6) is -1.65. The Morgan fingerprint density at radius 3 is 2.62 bits per heavy atom. The lowest BCUT2D eigenvalue weighted by Crippen LogP contribution is -2.06. The first-order chi connectivity index (χ1) is 11.4. The number of aryl methyl sites for hydroxylation is 1. The molecule has 4 nitrogen and oxygen atoms in total. The lowest BCUT2D eigenvalue weighted by Gasteiger charge is -2.05. The number of fused-ring (bicyclic) bond motifs is 1. The van der Waals surface area contributed by atoms with Crippen molar-refractivity contribution in [3.8, 4) is 0 Å². The molecule has 0 bridgehead atoms. The molecule has 0 fully saturated rings. The maximum Gasteiger partial charge on any atom is 0.175 e. The predicted molar refractivity (Wildman–Crippen MR) is 90.6 cm³/mol. The first-order valence-corrected chi connectivity index (χ1v) is 8.56. The molecule has 2 heterocycles. The second-order valence-corrected chi connectivity index (χ2v) is 6.53. The molecule has 126 valence electrons. The minimum atomic E-state index is -0.936. The fourth-order valence-electron chi connectivity index (χ4n) is 2.83. The zero-order valence-corrected chi connectivity index (χ0v) is 14.4. The number of nitrogens with one attached hydrogen (secondary N) is 1. The van der Waals surface area contributed by atoms with Crippen LogP contribution in [0.15, 0.2) is 23.4 Å². The second kappa shape index (κ2) is 6.39. The van der Waals surface area contributed by atoms with Gasteiger partial charge in [-0.1, -0.05) is 11.8 Å². The van der Waals surface area contributed by atoms with Crippen LogP contribution in [-0.4, -0.2) is 26.1 Å². The van der Waals surface area contributed by atoms with Crippen molar-refractivity contribution in [2.75, 3.05) is 5.75 Å². The van der Waals surface area contributed by atoms with E-state index in [0.29, 0.717) is 21.8 Å². The number of imidazole rings is 1. The van der Waals surface area contributed by atoms with E-state index < -0.39 is 11.6 Å². The number of halogens is 2. The van der Waals surface area contributed by atoms with Gasteiger partial charge in [0.15, 0.2) is 22.6 Å². The van der Waals surface area contributed by atoms with Crippen molar-refractivity contribution in [1.82, 2.24) is 14.5 Å². The van der Waals surface area contributed by atoms with Gasteiger partial charge in [0.1, 0.15) is 0 Å². The molecule has 3 rings (SSSR count). The standard InChI is InChI=1S/C17H17F2N3OS/c1-4-22-9(2)5-11(10(22)3)16(23)8-24-17-20-14-6-12(18)13(19)7-15(14)21-17/h5-7H,4,8H2,1-3H3,(H,20,21). The molecule has 0 saturated carbocycles. The normalized spacial score (nSPS) is 11.4. The molecule has 0 aliphatic heterocycles. The van der Waals surface area contributed by atoms with Gasteiger partial charge in [-0.05, 0) is 26.8 Å². The largest absolute Gasteiger partial charge is 0.349 e. The fourth-order valence-corrected chi connectivity index (χ4v) is 3.60. The van der Waals surface area contributed by atoms with E-state index in [-0.39, 0.29) is 11.5 Å². The fraction of sp³-hybridized carbons (Fsp3) is 0.294. The first-order valence-electron chi connectivity index (χ1n) is 7.58. The van der Waals surface area contributed by atoms with Gasteiger partial charge in [-0.3, -0.25) is 4.79 Å². The Hall–Kier alpha value is -2.15. The van der Waals surface area contributed by atoms with Crippen LogP contribution in [0.2, 0.25) is 0 Å². The van der Waals surface area contributed by atoms with E-state index in [1.165, 1.54) is 11.8 Å². The highest BCUT2D eigenvalue weighted by Gasteiger charge is 2.16. The SMILES string of the molecule is CCn1c(C)cc(C(=O)CSc2nc3cc(F)c(F)cc3[nH]2)c1C. The first kappa shape index (κ1) is 16.7. The average Bonchev–Trinajstić information content (AvgIpc) is 3.05. The zero-order valence-electron chi connectivity index (χ0n) is 13.6. The van der Waals surface area contributed by atoms with Crippen molar-refractivity contribution in [3.05, 3.63) is 46.8 Å². The third-order valence-corrected chi connectivity index (χ3v) is 4.91. The molecule has 2 aromatic heterocycles. The van der Waals surface area contributed by atoms with Crippen LogP contribution >= 0.6 is 11.8 Å². The number of aromatic nitrogens is 3. The number of ketones is 1. The van der Waals surface area contributed by atoms with Crippen LogP contribution in [0.5, 0.6) is 0 Å². The Bertz CT molecular complexity index is 891. The summed E-state index contributed by atoms with van der Waals surface area (Å²) in [5.41, 5.74) is 3.46. The van der Waals surface area contributed by atoms with E-state index in [1.54, 1.807) is 0 Å². The molecule has 7 heteroatoms. The highest BCUT2D eigenvalue weighted by atomic mass is 32.2. The van der Waals surface area contributed by atoms with E-state index in [0.717, 1.165) is 30.1 Å². The van der Waals surface area contributed by atoms with Crippen molar-refractivity contribution < 1.29 is 13.6 Å². The van der Waals surface area contributed by atoms with Gasteiger partial charge in [0.05, 0.1) is 16.8 Å². The van der Waals surface area contributed by atoms with Crippen LogP contribution in [0.25, 0.3) is 11.0 Å². The van der Waals surface area contributed by atoms with Crippen LogP contribution in [0.4, 0.5) is 8.78 Å². The zero-order chi connectivity index (χ0) is 17.4. The Kier molecular flexibility index (Phi) is 4.45. The number of hydrogen-bond acceptors (Lipinski definition) is 3. The Morgan fingerprint density at radius 2 is 1.96 bits per heavy atom. The molecule has 0 atom stereocenters. The lowest BCUT2D eigenvalue weighted by atomic mass is 10.2. The smallest absolute Gasteiger partial charge is 0.175 e. The van der Waals surface area contributed by atoms with E-state index in [4.69, 9.17) is 0 Å². The maximum absolute atomic E-state index is 13.2. The molecule has 3 aromatic rings. The number of thioether (sulfide) groups is 1. The molecule has 0 unspecified atom stereocenters. The Balaban J connectivity index is 1.77. The molecule has 1 N–H and O–H groups in total. The van der Waals surface area contributed by atoms with E-state index >= 15 is 0 Å². The number of carbonyl (C=O) groups excluding carboxylic acids is 1. The number of rotatable bonds is 5.